The third-order valence-corrected chi connectivity index (χ3v) is 3.69. The maximum absolute atomic E-state index is 13.0. The summed E-state index contributed by atoms with van der Waals surface area (Å²) in [7, 11) is 2.45. The zero-order valence-corrected chi connectivity index (χ0v) is 14.3. The molecular weight excluding hydrogens is 341 g/mol. The summed E-state index contributed by atoms with van der Waals surface area (Å²) < 4.78 is 22.4. The number of benzene rings is 2. The van der Waals surface area contributed by atoms with Crippen molar-refractivity contribution in [2.75, 3.05) is 14.2 Å². The maximum Gasteiger partial charge on any atom is 0.337 e. The molecule has 26 heavy (non-hydrogen) atoms. The van der Waals surface area contributed by atoms with Gasteiger partial charge in [-0.3, -0.25) is 4.79 Å². The molecular formula is C19H18FNO5. The van der Waals surface area contributed by atoms with Crippen LogP contribution < -0.4 is 5.32 Å². The molecule has 2 aromatic carbocycles. The van der Waals surface area contributed by atoms with Gasteiger partial charge in [0.05, 0.1) is 19.8 Å². The van der Waals surface area contributed by atoms with Gasteiger partial charge in [0.15, 0.2) is 0 Å². The molecule has 1 atom stereocenters. The number of amides is 1. The fourth-order valence-corrected chi connectivity index (χ4v) is 2.34. The largest absolute Gasteiger partial charge is 0.467 e. The quantitative estimate of drug-likeness (QED) is 0.799. The predicted octanol–water partition coefficient (Wildman–Crippen LogP) is 2.13. The lowest BCUT2D eigenvalue weighted by Crippen LogP contribution is -2.43. The Morgan fingerprint density at radius 1 is 1.00 bits per heavy atom. The fourth-order valence-electron chi connectivity index (χ4n) is 2.34. The van der Waals surface area contributed by atoms with Gasteiger partial charge in [-0.25, -0.2) is 14.0 Å². The van der Waals surface area contributed by atoms with Gasteiger partial charge in [0.2, 0.25) is 0 Å². The number of methoxy groups -OCH3 is 2. The van der Waals surface area contributed by atoms with Gasteiger partial charge in [-0.2, -0.15) is 0 Å². The molecule has 2 rings (SSSR count). The normalized spacial score (nSPS) is 11.3. The maximum atomic E-state index is 13.0. The van der Waals surface area contributed by atoms with Gasteiger partial charge in [-0.05, 0) is 35.9 Å². The standard InChI is InChI=1S/C19H18FNO5/c1-25-18(23)14-5-3-4-13(11-14)17(22)21-16(19(24)26-2)10-12-6-8-15(20)9-7-12/h3-9,11,16H,10H2,1-2H3,(H,21,22)/t16-/m1/s1. The van der Waals surface area contributed by atoms with E-state index >= 15 is 0 Å². The molecule has 0 heterocycles. The van der Waals surface area contributed by atoms with E-state index in [2.05, 4.69) is 10.1 Å². The van der Waals surface area contributed by atoms with Crippen LogP contribution in [0.15, 0.2) is 48.5 Å². The predicted molar refractivity (Wildman–Crippen MR) is 91.2 cm³/mol. The van der Waals surface area contributed by atoms with Gasteiger partial charge in [0.25, 0.3) is 5.91 Å². The first kappa shape index (κ1) is 19.1. The number of esters is 2. The van der Waals surface area contributed by atoms with Gasteiger partial charge in [-0.1, -0.05) is 18.2 Å². The van der Waals surface area contributed by atoms with Crippen molar-refractivity contribution < 1.29 is 28.2 Å². The summed E-state index contributed by atoms with van der Waals surface area (Å²) in [6, 6.07) is 10.6. The molecule has 6 nitrogen and oxygen atoms in total. The minimum absolute atomic E-state index is 0.134. The highest BCUT2D eigenvalue weighted by molar-refractivity contribution is 5.99. The van der Waals surface area contributed by atoms with Crippen LogP contribution in [-0.4, -0.2) is 38.1 Å². The van der Waals surface area contributed by atoms with Crippen molar-refractivity contribution in [3.63, 3.8) is 0 Å². The minimum Gasteiger partial charge on any atom is -0.467 e. The molecule has 0 aliphatic carbocycles. The number of halogens is 1. The van der Waals surface area contributed by atoms with Gasteiger partial charge >= 0.3 is 11.9 Å². The Balaban J connectivity index is 2.17. The SMILES string of the molecule is COC(=O)c1cccc(C(=O)N[C@H](Cc2ccc(F)cc2)C(=O)OC)c1. The molecule has 2 aromatic rings. The first-order valence-electron chi connectivity index (χ1n) is 7.76. The number of hydrogen-bond donors (Lipinski definition) is 1. The number of carbonyl (C=O) groups is 3. The van der Waals surface area contributed by atoms with Crippen molar-refractivity contribution in [2.45, 2.75) is 12.5 Å². The summed E-state index contributed by atoms with van der Waals surface area (Å²) in [6.07, 6.45) is 0.134. The zero-order chi connectivity index (χ0) is 19.1. The number of rotatable bonds is 6. The van der Waals surface area contributed by atoms with Crippen LogP contribution in [0, 0.1) is 5.82 Å². The second-order valence-corrected chi connectivity index (χ2v) is 5.45. The third kappa shape index (κ3) is 4.89. The van der Waals surface area contributed by atoms with Gasteiger partial charge in [-0.15, -0.1) is 0 Å². The second kappa shape index (κ2) is 8.75. The summed E-state index contributed by atoms with van der Waals surface area (Å²) >= 11 is 0. The average molecular weight is 359 g/mol. The van der Waals surface area contributed by atoms with Crippen molar-refractivity contribution in [3.8, 4) is 0 Å². The Bertz CT molecular complexity index is 804. The molecule has 0 aliphatic rings. The Labute approximate surface area is 149 Å². The van der Waals surface area contributed by atoms with Crippen LogP contribution in [0.25, 0.3) is 0 Å². The van der Waals surface area contributed by atoms with Crippen molar-refractivity contribution in [2.24, 2.45) is 0 Å². The van der Waals surface area contributed by atoms with E-state index in [4.69, 9.17) is 4.74 Å². The van der Waals surface area contributed by atoms with Crippen LogP contribution >= 0.6 is 0 Å². The van der Waals surface area contributed by atoms with Gasteiger partial charge in [0.1, 0.15) is 11.9 Å². The van der Waals surface area contributed by atoms with E-state index < -0.39 is 29.7 Å². The van der Waals surface area contributed by atoms with Crippen LogP contribution in [0.4, 0.5) is 4.39 Å². The number of ether oxygens (including phenoxy) is 2. The molecule has 0 unspecified atom stereocenters. The lowest BCUT2D eigenvalue weighted by molar-refractivity contribution is -0.142. The lowest BCUT2D eigenvalue weighted by Gasteiger charge is -2.17. The molecule has 0 saturated heterocycles. The molecule has 0 radical (unpaired) electrons. The van der Waals surface area contributed by atoms with Crippen LogP contribution in [-0.2, 0) is 20.7 Å². The highest BCUT2D eigenvalue weighted by Gasteiger charge is 2.23. The topological polar surface area (TPSA) is 81.7 Å². The number of nitrogens with one attached hydrogen (secondary N) is 1. The molecule has 7 heteroatoms. The molecule has 136 valence electrons. The molecule has 0 fully saturated rings. The molecule has 1 N–H and O–H groups in total. The van der Waals surface area contributed by atoms with E-state index in [-0.39, 0.29) is 17.5 Å². The Morgan fingerprint density at radius 3 is 2.27 bits per heavy atom. The molecule has 0 spiro atoms. The Hall–Kier alpha value is -3.22. The third-order valence-electron chi connectivity index (χ3n) is 3.69. The van der Waals surface area contributed by atoms with E-state index in [1.54, 1.807) is 0 Å². The van der Waals surface area contributed by atoms with E-state index in [9.17, 15) is 18.8 Å². The van der Waals surface area contributed by atoms with E-state index in [0.717, 1.165) is 0 Å². The zero-order valence-electron chi connectivity index (χ0n) is 14.3. The summed E-state index contributed by atoms with van der Waals surface area (Å²) in [6.45, 7) is 0. The van der Waals surface area contributed by atoms with Gasteiger partial charge < -0.3 is 14.8 Å². The van der Waals surface area contributed by atoms with E-state index in [0.29, 0.717) is 5.56 Å². The smallest absolute Gasteiger partial charge is 0.337 e. The molecule has 0 bridgehead atoms. The summed E-state index contributed by atoms with van der Waals surface area (Å²) in [4.78, 5) is 36.0. The van der Waals surface area contributed by atoms with Crippen LogP contribution in [0.1, 0.15) is 26.3 Å². The number of hydrogen-bond acceptors (Lipinski definition) is 5. The molecule has 0 saturated carbocycles. The molecule has 0 aromatic heterocycles. The van der Waals surface area contributed by atoms with Gasteiger partial charge in [0, 0.05) is 12.0 Å². The van der Waals surface area contributed by atoms with Crippen LogP contribution in [0.5, 0.6) is 0 Å². The van der Waals surface area contributed by atoms with Crippen molar-refractivity contribution in [1.82, 2.24) is 5.32 Å². The first-order chi connectivity index (χ1) is 12.4. The summed E-state index contributed by atoms with van der Waals surface area (Å²) in [5.74, 6) is -2.15. The number of carbonyl (C=O) groups excluding carboxylic acids is 3. The first-order valence-corrected chi connectivity index (χ1v) is 7.76. The minimum atomic E-state index is -0.959. The Kier molecular flexibility index (Phi) is 6.43. The summed E-state index contributed by atoms with van der Waals surface area (Å²) in [5, 5.41) is 2.57. The lowest BCUT2D eigenvalue weighted by atomic mass is 10.0. The highest BCUT2D eigenvalue weighted by Crippen LogP contribution is 2.10. The fraction of sp³-hybridized carbons (Fsp3) is 0.211. The Morgan fingerprint density at radius 2 is 1.65 bits per heavy atom. The van der Waals surface area contributed by atoms with Crippen LogP contribution in [0.3, 0.4) is 0 Å². The van der Waals surface area contributed by atoms with Crippen molar-refractivity contribution in [3.05, 3.63) is 71.0 Å². The van der Waals surface area contributed by atoms with E-state index in [1.165, 1.54) is 62.8 Å². The van der Waals surface area contributed by atoms with Crippen molar-refractivity contribution >= 4 is 17.8 Å². The molecule has 0 aliphatic heterocycles. The summed E-state index contributed by atoms with van der Waals surface area (Å²) in [5.41, 5.74) is 1.07. The monoisotopic (exact) mass is 359 g/mol. The average Bonchev–Trinajstić information content (AvgIpc) is 2.67. The highest BCUT2D eigenvalue weighted by atomic mass is 19.1. The van der Waals surface area contributed by atoms with E-state index in [1.807, 2.05) is 0 Å². The van der Waals surface area contributed by atoms with Crippen molar-refractivity contribution in [1.29, 1.82) is 0 Å². The van der Waals surface area contributed by atoms with Crippen LogP contribution in [0.2, 0.25) is 0 Å². The molecule has 1 amide bonds. The second-order valence-electron chi connectivity index (χ2n) is 5.45.